The lowest BCUT2D eigenvalue weighted by molar-refractivity contribution is -0.0511. The zero-order valence-corrected chi connectivity index (χ0v) is 16.2. The SMILES string of the molecule is OC[C@H]1O[C@@H](n2cnc3c(NC45CC6CC(CC(C6)C4)C5)ncnc32)[C@H](O)[C@@H]1O. The molecule has 9 nitrogen and oxygen atoms in total. The van der Waals surface area contributed by atoms with Crippen LogP contribution in [0.4, 0.5) is 5.82 Å². The molecule has 0 radical (unpaired) electrons. The first-order valence-electron chi connectivity index (χ1n) is 10.6. The molecular weight excluding hydrogens is 374 g/mol. The quantitative estimate of drug-likeness (QED) is 0.593. The number of aliphatic hydroxyl groups is 3. The summed E-state index contributed by atoms with van der Waals surface area (Å²) in [7, 11) is 0. The Morgan fingerprint density at radius 3 is 2.34 bits per heavy atom. The highest BCUT2D eigenvalue weighted by atomic mass is 16.6. The Labute approximate surface area is 168 Å². The molecule has 0 unspecified atom stereocenters. The van der Waals surface area contributed by atoms with Crippen molar-refractivity contribution in [1.29, 1.82) is 0 Å². The molecule has 4 aliphatic carbocycles. The van der Waals surface area contributed by atoms with E-state index < -0.39 is 24.5 Å². The van der Waals surface area contributed by atoms with Gasteiger partial charge in [0.05, 0.1) is 12.9 Å². The van der Waals surface area contributed by atoms with E-state index in [1.165, 1.54) is 44.9 Å². The molecule has 7 rings (SSSR count). The van der Waals surface area contributed by atoms with Gasteiger partial charge in [-0.2, -0.15) is 0 Å². The summed E-state index contributed by atoms with van der Waals surface area (Å²) in [5.74, 6) is 3.19. The van der Waals surface area contributed by atoms with Crippen LogP contribution in [-0.4, -0.2) is 65.3 Å². The van der Waals surface area contributed by atoms with E-state index in [2.05, 4.69) is 20.3 Å². The lowest BCUT2D eigenvalue weighted by Crippen LogP contribution is -2.54. The van der Waals surface area contributed by atoms with Gasteiger partial charge in [0.2, 0.25) is 0 Å². The second kappa shape index (κ2) is 6.34. The van der Waals surface area contributed by atoms with Gasteiger partial charge in [-0.25, -0.2) is 15.0 Å². The predicted octanol–water partition coefficient (Wildman–Crippen LogP) is 0.818. The monoisotopic (exact) mass is 401 g/mol. The van der Waals surface area contributed by atoms with E-state index in [-0.39, 0.29) is 12.1 Å². The van der Waals surface area contributed by atoms with Crippen LogP contribution in [0.15, 0.2) is 12.7 Å². The molecule has 0 aromatic carbocycles. The molecule has 9 heteroatoms. The molecule has 3 heterocycles. The van der Waals surface area contributed by atoms with Crippen molar-refractivity contribution in [2.24, 2.45) is 17.8 Å². The number of hydrogen-bond donors (Lipinski definition) is 4. The molecule has 0 spiro atoms. The van der Waals surface area contributed by atoms with Gasteiger partial charge < -0.3 is 25.4 Å². The summed E-state index contributed by atoms with van der Waals surface area (Å²) in [5.41, 5.74) is 1.28. The van der Waals surface area contributed by atoms with Gasteiger partial charge in [-0.3, -0.25) is 4.57 Å². The second-order valence-corrected chi connectivity index (χ2v) is 9.60. The maximum atomic E-state index is 10.4. The Bertz CT molecular complexity index is 897. The number of anilines is 1. The summed E-state index contributed by atoms with van der Waals surface area (Å²) >= 11 is 0. The van der Waals surface area contributed by atoms with Crippen molar-refractivity contribution in [3.8, 4) is 0 Å². The Morgan fingerprint density at radius 2 is 1.72 bits per heavy atom. The Morgan fingerprint density at radius 1 is 1.03 bits per heavy atom. The number of aromatic nitrogens is 4. The maximum Gasteiger partial charge on any atom is 0.167 e. The average Bonchev–Trinajstić information content (AvgIpc) is 3.23. The average molecular weight is 401 g/mol. The Hall–Kier alpha value is -1.81. The fourth-order valence-electron chi connectivity index (χ4n) is 6.75. The summed E-state index contributed by atoms with van der Waals surface area (Å²) in [6.45, 7) is -0.366. The third kappa shape index (κ3) is 2.71. The van der Waals surface area contributed by atoms with Crippen molar-refractivity contribution >= 4 is 17.0 Å². The minimum Gasteiger partial charge on any atom is -0.394 e. The van der Waals surface area contributed by atoms with Crippen molar-refractivity contribution in [3.63, 3.8) is 0 Å². The number of ether oxygens (including phenoxy) is 1. The first kappa shape index (κ1) is 18.0. The zero-order valence-electron chi connectivity index (χ0n) is 16.2. The van der Waals surface area contributed by atoms with Crippen molar-refractivity contribution < 1.29 is 20.1 Å². The van der Waals surface area contributed by atoms with Gasteiger partial charge in [0, 0.05) is 5.54 Å². The van der Waals surface area contributed by atoms with Gasteiger partial charge in [-0.05, 0) is 56.3 Å². The van der Waals surface area contributed by atoms with Crippen LogP contribution in [0.3, 0.4) is 0 Å². The lowest BCUT2D eigenvalue weighted by Gasteiger charge is -2.57. The minimum absolute atomic E-state index is 0.0986. The Balaban J connectivity index is 1.33. The fraction of sp³-hybridized carbons (Fsp3) is 0.750. The number of fused-ring (bicyclic) bond motifs is 1. The van der Waals surface area contributed by atoms with Crippen molar-refractivity contribution in [1.82, 2.24) is 19.5 Å². The van der Waals surface area contributed by atoms with Crippen LogP contribution >= 0.6 is 0 Å². The standard InChI is InChI=1S/C20H27N5O4/c26-7-13-15(27)16(28)19(29-13)25-9-23-14-17(21-8-22-18(14)25)24-20-4-10-1-11(5-20)3-12(2-10)6-20/h8-13,15-16,19,26-28H,1-7H2,(H,21,22,24)/t10?,11?,12?,13-,15-,16-,19-,20?/m1/s1. The summed E-state index contributed by atoms with van der Waals surface area (Å²) in [6, 6.07) is 0. The van der Waals surface area contributed by atoms with Crippen LogP contribution in [-0.2, 0) is 4.74 Å². The molecule has 156 valence electrons. The predicted molar refractivity (Wildman–Crippen MR) is 103 cm³/mol. The van der Waals surface area contributed by atoms with E-state index in [0.717, 1.165) is 23.6 Å². The van der Waals surface area contributed by atoms with E-state index in [1.807, 2.05) is 0 Å². The number of aliphatic hydroxyl groups excluding tert-OH is 3. The Kier molecular flexibility index (Phi) is 3.94. The molecule has 1 aliphatic heterocycles. The molecule has 2 aromatic heterocycles. The second-order valence-electron chi connectivity index (χ2n) is 9.60. The number of nitrogens with zero attached hydrogens (tertiary/aromatic N) is 4. The maximum absolute atomic E-state index is 10.4. The zero-order chi connectivity index (χ0) is 19.8. The molecule has 29 heavy (non-hydrogen) atoms. The number of imidazole rings is 1. The summed E-state index contributed by atoms with van der Waals surface area (Å²) in [6.07, 6.45) is 6.76. The van der Waals surface area contributed by atoms with Crippen LogP contribution in [0.1, 0.15) is 44.8 Å². The molecule has 4 saturated carbocycles. The van der Waals surface area contributed by atoms with Crippen LogP contribution in [0.25, 0.3) is 11.2 Å². The van der Waals surface area contributed by atoms with Crippen molar-refractivity contribution in [3.05, 3.63) is 12.7 Å². The van der Waals surface area contributed by atoms with E-state index >= 15 is 0 Å². The molecule has 2 aromatic rings. The van der Waals surface area contributed by atoms with Gasteiger partial charge in [0.15, 0.2) is 23.2 Å². The van der Waals surface area contributed by atoms with E-state index in [1.54, 1.807) is 10.9 Å². The molecule has 4 N–H and O–H groups in total. The highest BCUT2D eigenvalue weighted by Gasteiger charge is 2.51. The summed E-state index contributed by atoms with van der Waals surface area (Å²) < 4.78 is 7.27. The van der Waals surface area contributed by atoms with Gasteiger partial charge >= 0.3 is 0 Å². The molecule has 5 fully saturated rings. The van der Waals surface area contributed by atoms with E-state index in [4.69, 9.17) is 4.74 Å². The highest BCUT2D eigenvalue weighted by Crippen LogP contribution is 2.56. The topological polar surface area (TPSA) is 126 Å². The third-order valence-corrected chi connectivity index (χ3v) is 7.57. The summed E-state index contributed by atoms with van der Waals surface area (Å²) in [5, 5.41) is 33.6. The molecule has 5 aliphatic rings. The first-order valence-corrected chi connectivity index (χ1v) is 10.6. The third-order valence-electron chi connectivity index (χ3n) is 7.57. The van der Waals surface area contributed by atoms with E-state index in [9.17, 15) is 15.3 Å². The fourth-order valence-corrected chi connectivity index (χ4v) is 6.75. The van der Waals surface area contributed by atoms with Crippen LogP contribution in [0.2, 0.25) is 0 Å². The number of nitrogens with one attached hydrogen (secondary N) is 1. The molecule has 0 amide bonds. The molecular formula is C20H27N5O4. The number of rotatable bonds is 4. The van der Waals surface area contributed by atoms with Crippen LogP contribution in [0.5, 0.6) is 0 Å². The summed E-state index contributed by atoms with van der Waals surface area (Å²) in [4.78, 5) is 13.4. The van der Waals surface area contributed by atoms with Gasteiger partial charge in [0.25, 0.3) is 0 Å². The number of hydrogen-bond acceptors (Lipinski definition) is 8. The van der Waals surface area contributed by atoms with Gasteiger partial charge in [0.1, 0.15) is 24.6 Å². The lowest BCUT2D eigenvalue weighted by atomic mass is 9.53. The van der Waals surface area contributed by atoms with E-state index in [0.29, 0.717) is 11.2 Å². The molecule has 4 atom stereocenters. The van der Waals surface area contributed by atoms with Crippen LogP contribution < -0.4 is 5.32 Å². The highest BCUT2D eigenvalue weighted by molar-refractivity contribution is 5.83. The van der Waals surface area contributed by atoms with Crippen molar-refractivity contribution in [2.75, 3.05) is 11.9 Å². The largest absolute Gasteiger partial charge is 0.394 e. The first-order chi connectivity index (χ1) is 14.0. The van der Waals surface area contributed by atoms with Crippen molar-refractivity contribution in [2.45, 2.75) is 68.6 Å². The smallest absolute Gasteiger partial charge is 0.167 e. The molecule has 4 bridgehead atoms. The van der Waals surface area contributed by atoms with Gasteiger partial charge in [-0.15, -0.1) is 0 Å². The van der Waals surface area contributed by atoms with Crippen LogP contribution in [0, 0.1) is 17.8 Å². The normalized spacial score (nSPS) is 43.3. The molecule has 1 saturated heterocycles. The minimum atomic E-state index is -1.17. The van der Waals surface area contributed by atoms with Gasteiger partial charge in [-0.1, -0.05) is 0 Å².